The highest BCUT2D eigenvalue weighted by atomic mass is 16.5. The topological polar surface area (TPSA) is 51.2 Å². The molecule has 0 spiro atoms. The van der Waals surface area contributed by atoms with Crippen LogP contribution < -0.4 is 10.1 Å². The molecule has 0 aliphatic carbocycles. The van der Waals surface area contributed by atoms with Crippen LogP contribution in [0.4, 0.5) is 0 Å². The van der Waals surface area contributed by atoms with Gasteiger partial charge in [0.25, 0.3) is 5.91 Å². The molecule has 1 aromatic heterocycles. The van der Waals surface area contributed by atoms with E-state index in [9.17, 15) is 4.79 Å². The zero-order chi connectivity index (χ0) is 14.2. The Bertz CT molecular complexity index is 538. The van der Waals surface area contributed by atoms with Crippen molar-refractivity contribution in [3.63, 3.8) is 0 Å². The summed E-state index contributed by atoms with van der Waals surface area (Å²) in [6, 6.07) is 11.5. The maximum absolute atomic E-state index is 11.8. The van der Waals surface area contributed by atoms with Crippen LogP contribution in [0, 0.1) is 0 Å². The smallest absolute Gasteiger partial charge is 0.252 e. The number of methoxy groups -OCH3 is 1. The summed E-state index contributed by atoms with van der Waals surface area (Å²) >= 11 is 0. The zero-order valence-corrected chi connectivity index (χ0v) is 11.5. The van der Waals surface area contributed by atoms with E-state index in [4.69, 9.17) is 4.74 Å². The SMILES string of the molecule is COc1ccc(CCCNC(=O)c2cccnc2)cc1. The van der Waals surface area contributed by atoms with Gasteiger partial charge in [0.05, 0.1) is 12.7 Å². The monoisotopic (exact) mass is 270 g/mol. The Kier molecular flexibility index (Phi) is 5.12. The maximum atomic E-state index is 11.8. The van der Waals surface area contributed by atoms with Crippen LogP contribution in [0.15, 0.2) is 48.8 Å². The first kappa shape index (κ1) is 14.1. The second-order valence-electron chi connectivity index (χ2n) is 4.45. The molecule has 1 N–H and O–H groups in total. The maximum Gasteiger partial charge on any atom is 0.252 e. The van der Waals surface area contributed by atoms with Crippen molar-refractivity contribution in [2.45, 2.75) is 12.8 Å². The fourth-order valence-corrected chi connectivity index (χ4v) is 1.89. The summed E-state index contributed by atoms with van der Waals surface area (Å²) in [5, 5.41) is 2.89. The molecule has 0 atom stereocenters. The number of nitrogens with one attached hydrogen (secondary N) is 1. The molecule has 0 saturated carbocycles. The average molecular weight is 270 g/mol. The van der Waals surface area contributed by atoms with Crippen LogP contribution in [-0.2, 0) is 6.42 Å². The average Bonchev–Trinajstić information content (AvgIpc) is 2.53. The summed E-state index contributed by atoms with van der Waals surface area (Å²) in [6.45, 7) is 0.653. The van der Waals surface area contributed by atoms with Crippen LogP contribution in [0.2, 0.25) is 0 Å². The normalized spacial score (nSPS) is 10.1. The lowest BCUT2D eigenvalue weighted by molar-refractivity contribution is 0.0953. The number of hydrogen-bond donors (Lipinski definition) is 1. The molecular weight excluding hydrogens is 252 g/mol. The van der Waals surface area contributed by atoms with E-state index >= 15 is 0 Å². The van der Waals surface area contributed by atoms with Crippen molar-refractivity contribution < 1.29 is 9.53 Å². The Hall–Kier alpha value is -2.36. The second kappa shape index (κ2) is 7.28. The first-order chi connectivity index (χ1) is 9.79. The summed E-state index contributed by atoms with van der Waals surface area (Å²) in [5.74, 6) is 0.784. The molecule has 1 heterocycles. The van der Waals surface area contributed by atoms with Gasteiger partial charge in [0.15, 0.2) is 0 Å². The predicted octanol–water partition coefficient (Wildman–Crippen LogP) is 2.45. The third-order valence-corrected chi connectivity index (χ3v) is 3.01. The van der Waals surface area contributed by atoms with Crippen molar-refractivity contribution in [2.75, 3.05) is 13.7 Å². The molecule has 20 heavy (non-hydrogen) atoms. The van der Waals surface area contributed by atoms with Gasteiger partial charge in [-0.2, -0.15) is 0 Å². The summed E-state index contributed by atoms with van der Waals surface area (Å²) in [6.07, 6.45) is 5.05. The minimum atomic E-state index is -0.0761. The highest BCUT2D eigenvalue weighted by Gasteiger charge is 2.03. The Morgan fingerprint density at radius 3 is 2.70 bits per heavy atom. The molecule has 0 unspecified atom stereocenters. The van der Waals surface area contributed by atoms with Gasteiger partial charge in [-0.15, -0.1) is 0 Å². The van der Waals surface area contributed by atoms with Crippen molar-refractivity contribution in [1.82, 2.24) is 10.3 Å². The molecule has 0 radical (unpaired) electrons. The summed E-state index contributed by atoms with van der Waals surface area (Å²) in [7, 11) is 1.66. The third-order valence-electron chi connectivity index (χ3n) is 3.01. The number of amides is 1. The zero-order valence-electron chi connectivity index (χ0n) is 11.5. The lowest BCUT2D eigenvalue weighted by Gasteiger charge is -2.06. The molecule has 0 aliphatic rings. The standard InChI is InChI=1S/C16H18N2O2/c1-20-15-8-6-13(7-9-15)4-2-11-18-16(19)14-5-3-10-17-12-14/h3,5-10,12H,2,4,11H2,1H3,(H,18,19). The molecule has 4 heteroatoms. The molecule has 0 bridgehead atoms. The molecule has 2 rings (SSSR count). The predicted molar refractivity (Wildman–Crippen MR) is 77.9 cm³/mol. The minimum Gasteiger partial charge on any atom is -0.497 e. The van der Waals surface area contributed by atoms with E-state index < -0.39 is 0 Å². The number of carbonyl (C=O) groups excluding carboxylic acids is 1. The van der Waals surface area contributed by atoms with Crippen LogP contribution in [0.1, 0.15) is 22.3 Å². The van der Waals surface area contributed by atoms with E-state index in [1.165, 1.54) is 5.56 Å². The number of aryl methyl sites for hydroxylation is 1. The highest BCUT2D eigenvalue weighted by Crippen LogP contribution is 2.12. The highest BCUT2D eigenvalue weighted by molar-refractivity contribution is 5.93. The molecule has 0 saturated heterocycles. The number of aromatic nitrogens is 1. The van der Waals surface area contributed by atoms with Gasteiger partial charge in [0.2, 0.25) is 0 Å². The van der Waals surface area contributed by atoms with Gasteiger partial charge >= 0.3 is 0 Å². The molecule has 104 valence electrons. The van der Waals surface area contributed by atoms with Crippen molar-refractivity contribution in [2.24, 2.45) is 0 Å². The van der Waals surface area contributed by atoms with Crippen molar-refractivity contribution >= 4 is 5.91 Å². The number of rotatable bonds is 6. The number of benzene rings is 1. The Morgan fingerprint density at radius 2 is 2.05 bits per heavy atom. The summed E-state index contributed by atoms with van der Waals surface area (Å²) in [4.78, 5) is 15.7. The molecule has 1 amide bonds. The van der Waals surface area contributed by atoms with Crippen LogP contribution in [0.3, 0.4) is 0 Å². The van der Waals surface area contributed by atoms with E-state index in [-0.39, 0.29) is 5.91 Å². The largest absolute Gasteiger partial charge is 0.497 e. The van der Waals surface area contributed by atoms with E-state index in [1.54, 1.807) is 31.6 Å². The fraction of sp³-hybridized carbons (Fsp3) is 0.250. The van der Waals surface area contributed by atoms with Gasteiger partial charge in [-0.1, -0.05) is 12.1 Å². The van der Waals surface area contributed by atoms with Gasteiger partial charge in [-0.05, 0) is 42.7 Å². The van der Waals surface area contributed by atoms with Gasteiger partial charge in [0.1, 0.15) is 5.75 Å². The van der Waals surface area contributed by atoms with E-state index in [0.717, 1.165) is 18.6 Å². The van der Waals surface area contributed by atoms with E-state index in [2.05, 4.69) is 10.3 Å². The lowest BCUT2D eigenvalue weighted by atomic mass is 10.1. The third kappa shape index (κ3) is 4.09. The molecule has 0 aliphatic heterocycles. The van der Waals surface area contributed by atoms with Crippen LogP contribution in [-0.4, -0.2) is 24.5 Å². The number of hydrogen-bond acceptors (Lipinski definition) is 3. The molecule has 4 nitrogen and oxygen atoms in total. The van der Waals surface area contributed by atoms with Crippen molar-refractivity contribution in [1.29, 1.82) is 0 Å². The Morgan fingerprint density at radius 1 is 1.25 bits per heavy atom. The summed E-state index contributed by atoms with van der Waals surface area (Å²) in [5.41, 5.74) is 1.83. The Labute approximate surface area is 118 Å². The molecule has 1 aromatic carbocycles. The van der Waals surface area contributed by atoms with E-state index in [1.807, 2.05) is 24.3 Å². The summed E-state index contributed by atoms with van der Waals surface area (Å²) < 4.78 is 5.11. The van der Waals surface area contributed by atoms with Crippen molar-refractivity contribution in [3.8, 4) is 5.75 Å². The Balaban J connectivity index is 1.72. The minimum absolute atomic E-state index is 0.0761. The van der Waals surface area contributed by atoms with E-state index in [0.29, 0.717) is 12.1 Å². The first-order valence-electron chi connectivity index (χ1n) is 6.61. The van der Waals surface area contributed by atoms with Gasteiger partial charge in [0, 0.05) is 18.9 Å². The number of ether oxygens (including phenoxy) is 1. The van der Waals surface area contributed by atoms with Crippen LogP contribution >= 0.6 is 0 Å². The molecule has 2 aromatic rings. The first-order valence-corrected chi connectivity index (χ1v) is 6.61. The number of nitrogens with zero attached hydrogens (tertiary/aromatic N) is 1. The van der Waals surface area contributed by atoms with Crippen molar-refractivity contribution in [3.05, 3.63) is 59.9 Å². The van der Waals surface area contributed by atoms with Gasteiger partial charge in [-0.25, -0.2) is 0 Å². The lowest BCUT2D eigenvalue weighted by Crippen LogP contribution is -2.24. The quantitative estimate of drug-likeness (QED) is 0.820. The second-order valence-corrected chi connectivity index (χ2v) is 4.45. The number of pyridine rings is 1. The van der Waals surface area contributed by atoms with Crippen LogP contribution in [0.25, 0.3) is 0 Å². The molecule has 0 fully saturated rings. The van der Waals surface area contributed by atoms with Crippen LogP contribution in [0.5, 0.6) is 5.75 Å². The number of carbonyl (C=O) groups is 1. The fourth-order valence-electron chi connectivity index (χ4n) is 1.89. The van der Waals surface area contributed by atoms with Gasteiger partial charge < -0.3 is 10.1 Å². The molecular formula is C16H18N2O2. The van der Waals surface area contributed by atoms with Gasteiger partial charge in [-0.3, -0.25) is 9.78 Å².